The molecule has 104 valence electrons. The minimum atomic E-state index is 0.500. The summed E-state index contributed by atoms with van der Waals surface area (Å²) in [6.07, 6.45) is 3.95. The van der Waals surface area contributed by atoms with Gasteiger partial charge in [0.2, 0.25) is 0 Å². The van der Waals surface area contributed by atoms with Crippen LogP contribution in [-0.4, -0.2) is 18.1 Å². The van der Waals surface area contributed by atoms with E-state index in [9.17, 15) is 0 Å². The first kappa shape index (κ1) is 13.3. The summed E-state index contributed by atoms with van der Waals surface area (Å²) >= 11 is 5.88. The highest BCUT2D eigenvalue weighted by Crippen LogP contribution is 2.23. The average molecular weight is 288 g/mol. The predicted octanol–water partition coefficient (Wildman–Crippen LogP) is 4.47. The van der Waals surface area contributed by atoms with Gasteiger partial charge in [0.05, 0.1) is 0 Å². The average Bonchev–Trinajstić information content (AvgIpc) is 2.49. The van der Waals surface area contributed by atoms with Gasteiger partial charge in [0, 0.05) is 24.5 Å². The molecule has 2 heterocycles. The Morgan fingerprint density at radius 2 is 1.70 bits per heavy atom. The second kappa shape index (κ2) is 6.14. The lowest BCUT2D eigenvalue weighted by Crippen LogP contribution is -2.29. The molecule has 0 unspecified atom stereocenters. The van der Waals surface area contributed by atoms with Crippen LogP contribution in [0.1, 0.15) is 19.3 Å². The van der Waals surface area contributed by atoms with Gasteiger partial charge in [0.15, 0.2) is 0 Å². The lowest BCUT2D eigenvalue weighted by Gasteiger charge is -2.28. The Hall–Kier alpha value is -1.74. The molecule has 0 aliphatic carbocycles. The molecule has 2 aromatic rings. The number of rotatable bonds is 3. The van der Waals surface area contributed by atoms with E-state index in [4.69, 9.17) is 11.6 Å². The van der Waals surface area contributed by atoms with Crippen LogP contribution >= 0.6 is 11.6 Å². The van der Waals surface area contributed by atoms with Crippen molar-refractivity contribution < 1.29 is 0 Å². The first-order valence-corrected chi connectivity index (χ1v) is 7.44. The molecule has 1 aromatic carbocycles. The van der Waals surface area contributed by atoms with E-state index in [1.165, 1.54) is 38.0 Å². The van der Waals surface area contributed by atoms with Crippen LogP contribution in [0.15, 0.2) is 42.5 Å². The Balaban J connectivity index is 1.69. The minimum absolute atomic E-state index is 0.500. The van der Waals surface area contributed by atoms with Gasteiger partial charge in [-0.15, -0.1) is 0 Å². The maximum atomic E-state index is 5.88. The Kier molecular flexibility index (Phi) is 4.07. The van der Waals surface area contributed by atoms with Crippen LogP contribution in [0.25, 0.3) is 0 Å². The highest BCUT2D eigenvalue weighted by atomic mass is 35.5. The zero-order chi connectivity index (χ0) is 13.8. The van der Waals surface area contributed by atoms with Crippen LogP contribution < -0.4 is 10.2 Å². The van der Waals surface area contributed by atoms with Gasteiger partial charge in [0.25, 0.3) is 0 Å². The van der Waals surface area contributed by atoms with E-state index in [1.807, 2.05) is 12.1 Å². The third kappa shape index (κ3) is 3.23. The molecule has 0 radical (unpaired) electrons. The van der Waals surface area contributed by atoms with Crippen molar-refractivity contribution in [1.82, 2.24) is 4.98 Å². The summed E-state index contributed by atoms with van der Waals surface area (Å²) in [5.74, 6) is 0.767. The number of nitrogens with one attached hydrogen (secondary N) is 1. The number of hydrogen-bond acceptors (Lipinski definition) is 3. The van der Waals surface area contributed by atoms with Crippen molar-refractivity contribution >= 4 is 28.8 Å². The molecule has 0 atom stereocenters. The van der Waals surface area contributed by atoms with Crippen molar-refractivity contribution in [3.8, 4) is 0 Å². The summed E-state index contributed by atoms with van der Waals surface area (Å²) in [6.45, 7) is 2.34. The number of piperidine rings is 1. The molecule has 0 bridgehead atoms. The predicted molar refractivity (Wildman–Crippen MR) is 85.0 cm³/mol. The number of hydrogen-bond donors (Lipinski definition) is 1. The molecule has 1 aliphatic heterocycles. The molecule has 0 amide bonds. The van der Waals surface area contributed by atoms with Gasteiger partial charge in [-0.1, -0.05) is 17.7 Å². The molecule has 1 saturated heterocycles. The van der Waals surface area contributed by atoms with Crippen molar-refractivity contribution in [3.05, 3.63) is 47.6 Å². The smallest absolute Gasteiger partial charge is 0.132 e. The maximum Gasteiger partial charge on any atom is 0.132 e. The van der Waals surface area contributed by atoms with Gasteiger partial charge < -0.3 is 10.2 Å². The highest BCUT2D eigenvalue weighted by Gasteiger charge is 2.10. The standard InChI is InChI=1S/C16H18ClN3/c17-15-5-4-6-16(19-15)18-13-7-9-14(10-8-13)20-11-2-1-3-12-20/h4-10H,1-3,11-12H2,(H,18,19). The van der Waals surface area contributed by atoms with Crippen LogP contribution in [0.2, 0.25) is 5.15 Å². The number of aromatic nitrogens is 1. The van der Waals surface area contributed by atoms with Gasteiger partial charge in [0.1, 0.15) is 11.0 Å². The summed E-state index contributed by atoms with van der Waals surface area (Å²) < 4.78 is 0. The molecule has 3 nitrogen and oxygen atoms in total. The van der Waals surface area contributed by atoms with Crippen LogP contribution in [0, 0.1) is 0 Å². The molecule has 20 heavy (non-hydrogen) atoms. The van der Waals surface area contributed by atoms with Crippen LogP contribution in [0.5, 0.6) is 0 Å². The Morgan fingerprint density at radius 3 is 2.40 bits per heavy atom. The zero-order valence-electron chi connectivity index (χ0n) is 11.3. The number of anilines is 3. The van der Waals surface area contributed by atoms with E-state index in [0.717, 1.165) is 11.5 Å². The van der Waals surface area contributed by atoms with E-state index in [0.29, 0.717) is 5.15 Å². The van der Waals surface area contributed by atoms with Crippen molar-refractivity contribution in [2.24, 2.45) is 0 Å². The van der Waals surface area contributed by atoms with Gasteiger partial charge >= 0.3 is 0 Å². The fourth-order valence-electron chi connectivity index (χ4n) is 2.53. The molecule has 4 heteroatoms. The van der Waals surface area contributed by atoms with Crippen LogP contribution in [0.4, 0.5) is 17.2 Å². The second-order valence-corrected chi connectivity index (χ2v) is 5.45. The molecular weight excluding hydrogens is 270 g/mol. The van der Waals surface area contributed by atoms with E-state index in [1.54, 1.807) is 6.07 Å². The van der Waals surface area contributed by atoms with Crippen molar-refractivity contribution in [1.29, 1.82) is 0 Å². The van der Waals surface area contributed by atoms with Crippen molar-refractivity contribution in [2.75, 3.05) is 23.3 Å². The molecule has 0 saturated carbocycles. The summed E-state index contributed by atoms with van der Waals surface area (Å²) in [5.41, 5.74) is 2.33. The Morgan fingerprint density at radius 1 is 0.950 bits per heavy atom. The van der Waals surface area contributed by atoms with Gasteiger partial charge in [-0.05, 0) is 55.7 Å². The van der Waals surface area contributed by atoms with Crippen LogP contribution in [-0.2, 0) is 0 Å². The SMILES string of the molecule is Clc1cccc(Nc2ccc(N3CCCCC3)cc2)n1. The summed E-state index contributed by atoms with van der Waals surface area (Å²) in [7, 11) is 0. The van der Waals surface area contributed by atoms with Crippen LogP contribution in [0.3, 0.4) is 0 Å². The molecule has 3 rings (SSSR count). The van der Waals surface area contributed by atoms with E-state index in [2.05, 4.69) is 39.5 Å². The second-order valence-electron chi connectivity index (χ2n) is 5.07. The van der Waals surface area contributed by atoms with E-state index in [-0.39, 0.29) is 0 Å². The molecule has 1 fully saturated rings. The number of halogens is 1. The molecule has 0 spiro atoms. The number of nitrogens with zero attached hydrogens (tertiary/aromatic N) is 2. The summed E-state index contributed by atoms with van der Waals surface area (Å²) in [4.78, 5) is 6.67. The number of pyridine rings is 1. The molecule has 1 aromatic heterocycles. The quantitative estimate of drug-likeness (QED) is 0.844. The molecule has 1 aliphatic rings. The van der Waals surface area contributed by atoms with E-state index >= 15 is 0 Å². The first-order chi connectivity index (χ1) is 9.81. The Labute approximate surface area is 124 Å². The Bertz CT molecular complexity index is 562. The third-order valence-electron chi connectivity index (χ3n) is 3.58. The third-order valence-corrected chi connectivity index (χ3v) is 3.79. The topological polar surface area (TPSA) is 28.2 Å². The fraction of sp³-hybridized carbons (Fsp3) is 0.312. The van der Waals surface area contributed by atoms with Gasteiger partial charge in [-0.25, -0.2) is 4.98 Å². The monoisotopic (exact) mass is 287 g/mol. The van der Waals surface area contributed by atoms with E-state index < -0.39 is 0 Å². The van der Waals surface area contributed by atoms with Crippen molar-refractivity contribution in [2.45, 2.75) is 19.3 Å². The lowest BCUT2D eigenvalue weighted by molar-refractivity contribution is 0.578. The normalized spacial score (nSPS) is 15.2. The summed E-state index contributed by atoms with van der Waals surface area (Å²) in [5, 5.41) is 3.76. The number of benzene rings is 1. The highest BCUT2D eigenvalue weighted by molar-refractivity contribution is 6.29. The van der Waals surface area contributed by atoms with Gasteiger partial charge in [-0.2, -0.15) is 0 Å². The zero-order valence-corrected chi connectivity index (χ0v) is 12.1. The largest absolute Gasteiger partial charge is 0.372 e. The van der Waals surface area contributed by atoms with Gasteiger partial charge in [-0.3, -0.25) is 0 Å². The molecular formula is C16H18ClN3. The first-order valence-electron chi connectivity index (χ1n) is 7.06. The maximum absolute atomic E-state index is 5.88. The lowest BCUT2D eigenvalue weighted by atomic mass is 10.1. The fourth-order valence-corrected chi connectivity index (χ4v) is 2.70. The summed E-state index contributed by atoms with van der Waals surface area (Å²) in [6, 6.07) is 14.1. The van der Waals surface area contributed by atoms with Crippen molar-refractivity contribution in [3.63, 3.8) is 0 Å². The molecule has 1 N–H and O–H groups in total. The minimum Gasteiger partial charge on any atom is -0.372 e.